The normalized spacial score (nSPS) is 13.9. The van der Waals surface area contributed by atoms with E-state index in [2.05, 4.69) is 30.0 Å². The molecule has 1 saturated heterocycles. The first kappa shape index (κ1) is 21.3. The van der Waals surface area contributed by atoms with E-state index in [-0.39, 0.29) is 11.8 Å². The van der Waals surface area contributed by atoms with Gasteiger partial charge in [0.2, 0.25) is 0 Å². The number of halogens is 1. The van der Waals surface area contributed by atoms with Crippen molar-refractivity contribution in [1.29, 1.82) is 0 Å². The van der Waals surface area contributed by atoms with Crippen molar-refractivity contribution in [2.24, 2.45) is 5.73 Å². The van der Waals surface area contributed by atoms with Crippen LogP contribution in [0.3, 0.4) is 0 Å². The molecule has 0 radical (unpaired) electrons. The SMILES string of the molecule is NC1CN(c2cncc(-c3ccc4[nH]nc(-c5nc6c(-c7cc(O)cc(F)c7)nccc6[nH]5)c4n3)n2)C1. The summed E-state index contributed by atoms with van der Waals surface area (Å²) < 4.78 is 13.9. The Hall–Kier alpha value is -4.97. The lowest BCUT2D eigenvalue weighted by molar-refractivity contribution is 0.469. The number of benzene rings is 1. The third-order valence-electron chi connectivity index (χ3n) is 6.31. The van der Waals surface area contributed by atoms with Gasteiger partial charge in [-0.1, -0.05) is 0 Å². The summed E-state index contributed by atoms with van der Waals surface area (Å²) in [6.07, 6.45) is 4.98. The molecule has 1 fully saturated rings. The lowest BCUT2D eigenvalue weighted by Gasteiger charge is -2.37. The number of H-pyrrole nitrogens is 2. The minimum atomic E-state index is -0.566. The summed E-state index contributed by atoms with van der Waals surface area (Å²) in [5, 5.41) is 17.3. The van der Waals surface area contributed by atoms with Gasteiger partial charge in [0.1, 0.15) is 34.1 Å². The standard InChI is InChI=1S/C25H19FN10O/c26-13-5-12(6-15(37)7-13)21-22-17(3-4-29-21)32-25(33-22)24-23-18(34-35-24)2-1-16(31-23)19-8-28-9-20(30-19)36-10-14(27)11-36/h1-9,14,37H,10-11,27H2,(H,32,33)(H,34,35). The lowest BCUT2D eigenvalue weighted by atomic mass is 10.1. The smallest absolute Gasteiger partial charge is 0.161 e. The highest BCUT2D eigenvalue weighted by Gasteiger charge is 2.25. The van der Waals surface area contributed by atoms with Gasteiger partial charge in [0.15, 0.2) is 11.5 Å². The number of aromatic nitrogens is 8. The molecule has 5 aromatic heterocycles. The summed E-state index contributed by atoms with van der Waals surface area (Å²) in [5.74, 6) is 0.469. The molecule has 37 heavy (non-hydrogen) atoms. The largest absolute Gasteiger partial charge is 0.508 e. The fourth-order valence-electron chi connectivity index (χ4n) is 4.51. The fraction of sp³-hybridized carbons (Fsp3) is 0.120. The topological polar surface area (TPSA) is 158 Å². The molecule has 0 amide bonds. The predicted octanol–water partition coefficient (Wildman–Crippen LogP) is 3.01. The number of hydrogen-bond acceptors (Lipinski definition) is 9. The first-order valence-electron chi connectivity index (χ1n) is 11.5. The van der Waals surface area contributed by atoms with E-state index in [4.69, 9.17) is 20.7 Å². The van der Waals surface area contributed by atoms with Crippen LogP contribution < -0.4 is 10.6 Å². The Morgan fingerprint density at radius 3 is 2.65 bits per heavy atom. The van der Waals surface area contributed by atoms with Crippen molar-refractivity contribution in [1.82, 2.24) is 40.1 Å². The number of nitrogens with two attached hydrogens (primary N) is 1. The Bertz CT molecular complexity index is 1790. The molecule has 1 aromatic carbocycles. The minimum Gasteiger partial charge on any atom is -0.508 e. The van der Waals surface area contributed by atoms with Crippen molar-refractivity contribution < 1.29 is 9.50 Å². The Balaban J connectivity index is 1.31. The van der Waals surface area contributed by atoms with E-state index in [0.717, 1.165) is 30.5 Å². The number of nitrogens with one attached hydrogen (secondary N) is 2. The second-order valence-corrected chi connectivity index (χ2v) is 8.93. The predicted molar refractivity (Wildman–Crippen MR) is 135 cm³/mol. The summed E-state index contributed by atoms with van der Waals surface area (Å²) in [5.41, 5.74) is 11.1. The third-order valence-corrected chi connectivity index (χ3v) is 6.31. The van der Waals surface area contributed by atoms with Crippen LogP contribution in [0.15, 0.2) is 55.0 Å². The van der Waals surface area contributed by atoms with Crippen molar-refractivity contribution in [3.05, 3.63) is 60.8 Å². The number of pyridine rings is 2. The Labute approximate surface area is 208 Å². The second-order valence-electron chi connectivity index (χ2n) is 8.93. The zero-order valence-electron chi connectivity index (χ0n) is 19.2. The van der Waals surface area contributed by atoms with Crippen LogP contribution in [0, 0.1) is 5.82 Å². The molecular formula is C25H19FN10O. The monoisotopic (exact) mass is 494 g/mol. The maximum absolute atomic E-state index is 13.9. The van der Waals surface area contributed by atoms with Gasteiger partial charge >= 0.3 is 0 Å². The van der Waals surface area contributed by atoms with Crippen LogP contribution in [0.4, 0.5) is 10.2 Å². The van der Waals surface area contributed by atoms with Gasteiger partial charge in [-0.15, -0.1) is 0 Å². The molecule has 0 saturated carbocycles. The maximum atomic E-state index is 13.9. The molecule has 12 heteroatoms. The number of fused-ring (bicyclic) bond motifs is 2. The summed E-state index contributed by atoms with van der Waals surface area (Å²) in [4.78, 5) is 28.3. The van der Waals surface area contributed by atoms with Crippen LogP contribution in [0.5, 0.6) is 5.75 Å². The molecule has 11 nitrogen and oxygen atoms in total. The van der Waals surface area contributed by atoms with Gasteiger partial charge in [0.25, 0.3) is 0 Å². The Morgan fingerprint density at radius 2 is 1.81 bits per heavy atom. The molecule has 5 N–H and O–H groups in total. The fourth-order valence-corrected chi connectivity index (χ4v) is 4.51. The highest BCUT2D eigenvalue weighted by atomic mass is 19.1. The highest BCUT2D eigenvalue weighted by Crippen LogP contribution is 2.32. The van der Waals surface area contributed by atoms with E-state index in [1.807, 2.05) is 12.1 Å². The van der Waals surface area contributed by atoms with Crippen LogP contribution in [-0.4, -0.2) is 64.3 Å². The molecule has 0 atom stereocenters. The Morgan fingerprint density at radius 1 is 0.946 bits per heavy atom. The molecule has 0 bridgehead atoms. The number of aromatic hydroxyl groups is 1. The van der Waals surface area contributed by atoms with E-state index in [9.17, 15) is 9.50 Å². The zero-order chi connectivity index (χ0) is 25.1. The number of imidazole rings is 1. The van der Waals surface area contributed by atoms with Gasteiger partial charge in [-0.2, -0.15) is 5.10 Å². The molecule has 0 unspecified atom stereocenters. The number of phenols is 1. The quantitative estimate of drug-likeness (QED) is 0.289. The second kappa shape index (κ2) is 8.03. The first-order valence-corrected chi connectivity index (χ1v) is 11.5. The molecule has 1 aliphatic heterocycles. The van der Waals surface area contributed by atoms with E-state index in [0.29, 0.717) is 50.7 Å². The van der Waals surface area contributed by atoms with E-state index in [1.54, 1.807) is 24.7 Å². The molecule has 0 aliphatic carbocycles. The number of nitrogens with zero attached hydrogens (tertiary/aromatic N) is 7. The lowest BCUT2D eigenvalue weighted by Crippen LogP contribution is -2.56. The molecule has 0 spiro atoms. The first-order chi connectivity index (χ1) is 18.0. The van der Waals surface area contributed by atoms with Crippen molar-refractivity contribution in [3.63, 3.8) is 0 Å². The van der Waals surface area contributed by atoms with Crippen LogP contribution in [0.1, 0.15) is 0 Å². The molecule has 1 aliphatic rings. The Kier molecular flexibility index (Phi) is 4.63. The molecule has 6 heterocycles. The summed E-state index contributed by atoms with van der Waals surface area (Å²) in [7, 11) is 0. The summed E-state index contributed by atoms with van der Waals surface area (Å²) >= 11 is 0. The van der Waals surface area contributed by atoms with Crippen molar-refractivity contribution in [3.8, 4) is 39.9 Å². The van der Waals surface area contributed by atoms with Gasteiger partial charge in [-0.3, -0.25) is 15.1 Å². The van der Waals surface area contributed by atoms with E-state index < -0.39 is 5.82 Å². The van der Waals surface area contributed by atoms with Crippen LogP contribution in [0.25, 0.3) is 56.2 Å². The number of phenolic OH excluding ortho intramolecular Hbond substituents is 1. The number of aromatic amines is 2. The third kappa shape index (κ3) is 3.62. The van der Waals surface area contributed by atoms with Gasteiger partial charge in [-0.05, 0) is 30.3 Å². The van der Waals surface area contributed by atoms with Gasteiger partial charge in [0, 0.05) is 37.0 Å². The van der Waals surface area contributed by atoms with Gasteiger partial charge in [0.05, 0.1) is 34.8 Å². The van der Waals surface area contributed by atoms with Crippen LogP contribution in [-0.2, 0) is 0 Å². The maximum Gasteiger partial charge on any atom is 0.161 e. The average molecular weight is 494 g/mol. The van der Waals surface area contributed by atoms with Gasteiger partial charge in [-0.25, -0.2) is 19.3 Å². The van der Waals surface area contributed by atoms with Crippen LogP contribution in [0.2, 0.25) is 0 Å². The molecular weight excluding hydrogens is 475 g/mol. The van der Waals surface area contributed by atoms with E-state index in [1.165, 1.54) is 12.1 Å². The number of anilines is 1. The van der Waals surface area contributed by atoms with Crippen molar-refractivity contribution in [2.45, 2.75) is 6.04 Å². The molecule has 6 aromatic rings. The molecule has 182 valence electrons. The van der Waals surface area contributed by atoms with Crippen molar-refractivity contribution >= 4 is 27.9 Å². The number of rotatable bonds is 4. The van der Waals surface area contributed by atoms with Crippen molar-refractivity contribution in [2.75, 3.05) is 18.0 Å². The zero-order valence-corrected chi connectivity index (χ0v) is 19.2. The van der Waals surface area contributed by atoms with E-state index >= 15 is 0 Å². The van der Waals surface area contributed by atoms with Gasteiger partial charge < -0.3 is 20.7 Å². The average Bonchev–Trinajstić information content (AvgIpc) is 3.49. The molecule has 7 rings (SSSR count). The summed E-state index contributed by atoms with van der Waals surface area (Å²) in [6, 6.07) is 9.45. The summed E-state index contributed by atoms with van der Waals surface area (Å²) in [6.45, 7) is 1.49. The number of hydrogen-bond donors (Lipinski definition) is 4. The highest BCUT2D eigenvalue weighted by molar-refractivity contribution is 5.95. The van der Waals surface area contributed by atoms with Crippen LogP contribution >= 0.6 is 0 Å². The minimum absolute atomic E-state index is 0.152.